The Morgan fingerprint density at radius 3 is 2.35 bits per heavy atom. The molecule has 2 heterocycles. The first-order valence-corrected chi connectivity index (χ1v) is 6.43. The Balaban J connectivity index is 1.86. The standard InChI is InChI=1S/C14H23N3/c1-14(2,3)12-16-8-10-17(11-9-16)13-6-4-5-7-15-13/h4-7H,8-12H2,1-3H3. The van der Waals surface area contributed by atoms with E-state index in [-0.39, 0.29) is 0 Å². The molecule has 3 nitrogen and oxygen atoms in total. The van der Waals surface area contributed by atoms with Crippen LogP contribution in [-0.2, 0) is 0 Å². The van der Waals surface area contributed by atoms with Crippen LogP contribution in [-0.4, -0.2) is 42.6 Å². The van der Waals surface area contributed by atoms with Crippen molar-refractivity contribution < 1.29 is 0 Å². The van der Waals surface area contributed by atoms with Crippen LogP contribution in [0.15, 0.2) is 24.4 Å². The molecule has 0 saturated carbocycles. The molecule has 94 valence electrons. The van der Waals surface area contributed by atoms with E-state index in [0.717, 1.165) is 32.0 Å². The van der Waals surface area contributed by atoms with E-state index in [1.807, 2.05) is 12.3 Å². The van der Waals surface area contributed by atoms with Crippen LogP contribution < -0.4 is 4.90 Å². The summed E-state index contributed by atoms with van der Waals surface area (Å²) in [6.07, 6.45) is 1.87. The first-order valence-electron chi connectivity index (χ1n) is 6.43. The van der Waals surface area contributed by atoms with Crippen LogP contribution in [0.1, 0.15) is 20.8 Å². The van der Waals surface area contributed by atoms with Gasteiger partial charge in [0.2, 0.25) is 0 Å². The largest absolute Gasteiger partial charge is 0.354 e. The summed E-state index contributed by atoms with van der Waals surface area (Å²) in [4.78, 5) is 9.34. The van der Waals surface area contributed by atoms with Crippen LogP contribution in [0.3, 0.4) is 0 Å². The molecule has 0 spiro atoms. The Morgan fingerprint density at radius 1 is 1.12 bits per heavy atom. The van der Waals surface area contributed by atoms with Gasteiger partial charge in [0, 0.05) is 38.9 Å². The van der Waals surface area contributed by atoms with Crippen molar-refractivity contribution in [2.24, 2.45) is 5.41 Å². The van der Waals surface area contributed by atoms with Gasteiger partial charge in [0.25, 0.3) is 0 Å². The first-order chi connectivity index (χ1) is 8.04. The first kappa shape index (κ1) is 12.4. The summed E-state index contributed by atoms with van der Waals surface area (Å²) in [5, 5.41) is 0. The van der Waals surface area contributed by atoms with Gasteiger partial charge < -0.3 is 4.90 Å². The zero-order valence-electron chi connectivity index (χ0n) is 11.2. The fourth-order valence-corrected chi connectivity index (χ4v) is 2.35. The Hall–Kier alpha value is -1.09. The third-order valence-electron chi connectivity index (χ3n) is 3.04. The van der Waals surface area contributed by atoms with Crippen LogP contribution in [0.25, 0.3) is 0 Å². The fourth-order valence-electron chi connectivity index (χ4n) is 2.35. The lowest BCUT2D eigenvalue weighted by Crippen LogP contribution is -2.48. The van der Waals surface area contributed by atoms with Gasteiger partial charge in [-0.15, -0.1) is 0 Å². The molecule has 0 aliphatic carbocycles. The SMILES string of the molecule is CC(C)(C)CN1CCN(c2ccccn2)CC1. The molecule has 0 aromatic carbocycles. The minimum atomic E-state index is 0.396. The molecule has 0 amide bonds. The molecule has 1 saturated heterocycles. The molecular formula is C14H23N3. The number of pyridine rings is 1. The average Bonchev–Trinajstić information content (AvgIpc) is 2.29. The quantitative estimate of drug-likeness (QED) is 0.781. The number of hydrogen-bond donors (Lipinski definition) is 0. The summed E-state index contributed by atoms with van der Waals surface area (Å²) in [6, 6.07) is 6.13. The highest BCUT2D eigenvalue weighted by molar-refractivity contribution is 5.38. The second kappa shape index (κ2) is 5.05. The number of hydrogen-bond acceptors (Lipinski definition) is 3. The van der Waals surface area contributed by atoms with Gasteiger partial charge in [-0.05, 0) is 17.5 Å². The van der Waals surface area contributed by atoms with Crippen molar-refractivity contribution >= 4 is 5.82 Å². The lowest BCUT2D eigenvalue weighted by molar-refractivity contribution is 0.182. The van der Waals surface area contributed by atoms with Crippen molar-refractivity contribution in [1.82, 2.24) is 9.88 Å². The molecule has 1 fully saturated rings. The lowest BCUT2D eigenvalue weighted by atomic mass is 9.96. The van der Waals surface area contributed by atoms with E-state index in [4.69, 9.17) is 0 Å². The Morgan fingerprint density at radius 2 is 1.82 bits per heavy atom. The maximum absolute atomic E-state index is 4.41. The van der Waals surface area contributed by atoms with Gasteiger partial charge in [0.15, 0.2) is 0 Å². The summed E-state index contributed by atoms with van der Waals surface area (Å²) < 4.78 is 0. The Bertz CT molecular complexity index is 334. The molecule has 1 aliphatic rings. The van der Waals surface area contributed by atoms with Crippen molar-refractivity contribution in [1.29, 1.82) is 0 Å². The van der Waals surface area contributed by atoms with Crippen LogP contribution in [0.2, 0.25) is 0 Å². The summed E-state index contributed by atoms with van der Waals surface area (Å²) in [5.41, 5.74) is 0.396. The Labute approximate surface area is 104 Å². The number of anilines is 1. The third-order valence-corrected chi connectivity index (χ3v) is 3.04. The van der Waals surface area contributed by atoms with Gasteiger partial charge in [-0.1, -0.05) is 26.8 Å². The molecule has 1 aliphatic heterocycles. The van der Waals surface area contributed by atoms with E-state index in [9.17, 15) is 0 Å². The highest BCUT2D eigenvalue weighted by atomic mass is 15.3. The molecule has 17 heavy (non-hydrogen) atoms. The van der Waals surface area contributed by atoms with Crippen molar-refractivity contribution in [2.45, 2.75) is 20.8 Å². The van der Waals surface area contributed by atoms with Gasteiger partial charge in [-0.25, -0.2) is 4.98 Å². The molecule has 0 atom stereocenters. The molecule has 3 heteroatoms. The fraction of sp³-hybridized carbons (Fsp3) is 0.643. The molecule has 0 radical (unpaired) electrons. The second-order valence-corrected chi connectivity index (χ2v) is 6.01. The highest BCUT2D eigenvalue weighted by Gasteiger charge is 2.21. The summed E-state index contributed by atoms with van der Waals surface area (Å²) in [6.45, 7) is 12.6. The van der Waals surface area contributed by atoms with Gasteiger partial charge in [0.1, 0.15) is 5.82 Å². The van der Waals surface area contributed by atoms with Gasteiger partial charge in [-0.2, -0.15) is 0 Å². The Kier molecular flexibility index (Phi) is 3.67. The van der Waals surface area contributed by atoms with Crippen molar-refractivity contribution in [3.8, 4) is 0 Å². The molecule has 1 aromatic heterocycles. The number of rotatable bonds is 2. The molecule has 1 aromatic rings. The zero-order valence-corrected chi connectivity index (χ0v) is 11.2. The molecule has 2 rings (SSSR count). The smallest absolute Gasteiger partial charge is 0.128 e. The lowest BCUT2D eigenvalue weighted by Gasteiger charge is -2.38. The van der Waals surface area contributed by atoms with Crippen LogP contribution >= 0.6 is 0 Å². The zero-order chi connectivity index (χ0) is 12.3. The minimum Gasteiger partial charge on any atom is -0.354 e. The maximum atomic E-state index is 4.41. The normalized spacial score (nSPS) is 18.4. The van der Waals surface area contributed by atoms with Crippen molar-refractivity contribution in [2.75, 3.05) is 37.6 Å². The van der Waals surface area contributed by atoms with E-state index in [1.165, 1.54) is 6.54 Å². The van der Waals surface area contributed by atoms with Gasteiger partial charge in [-0.3, -0.25) is 4.90 Å². The topological polar surface area (TPSA) is 19.4 Å². The average molecular weight is 233 g/mol. The number of nitrogens with zero attached hydrogens (tertiary/aromatic N) is 3. The van der Waals surface area contributed by atoms with Gasteiger partial charge >= 0.3 is 0 Å². The third kappa shape index (κ3) is 3.70. The van der Waals surface area contributed by atoms with Crippen molar-refractivity contribution in [3.63, 3.8) is 0 Å². The molecule has 0 unspecified atom stereocenters. The van der Waals surface area contributed by atoms with E-state index in [2.05, 4.69) is 47.7 Å². The molecular weight excluding hydrogens is 210 g/mol. The highest BCUT2D eigenvalue weighted by Crippen LogP contribution is 2.18. The molecule has 0 N–H and O–H groups in total. The van der Waals surface area contributed by atoms with E-state index in [0.29, 0.717) is 5.41 Å². The molecule has 0 bridgehead atoms. The second-order valence-electron chi connectivity index (χ2n) is 6.01. The summed E-state index contributed by atoms with van der Waals surface area (Å²) >= 11 is 0. The monoisotopic (exact) mass is 233 g/mol. The van der Waals surface area contributed by atoms with Crippen LogP contribution in [0, 0.1) is 5.41 Å². The maximum Gasteiger partial charge on any atom is 0.128 e. The van der Waals surface area contributed by atoms with Gasteiger partial charge in [0.05, 0.1) is 0 Å². The number of aromatic nitrogens is 1. The number of piperazine rings is 1. The van der Waals surface area contributed by atoms with Crippen LogP contribution in [0.4, 0.5) is 5.82 Å². The predicted molar refractivity (Wildman–Crippen MR) is 72.3 cm³/mol. The summed E-state index contributed by atoms with van der Waals surface area (Å²) in [7, 11) is 0. The van der Waals surface area contributed by atoms with Crippen molar-refractivity contribution in [3.05, 3.63) is 24.4 Å². The van der Waals surface area contributed by atoms with E-state index >= 15 is 0 Å². The predicted octanol–water partition coefficient (Wildman–Crippen LogP) is 2.25. The summed E-state index contributed by atoms with van der Waals surface area (Å²) in [5.74, 6) is 1.11. The van der Waals surface area contributed by atoms with E-state index in [1.54, 1.807) is 0 Å². The van der Waals surface area contributed by atoms with E-state index < -0.39 is 0 Å². The minimum absolute atomic E-state index is 0.396. The van der Waals surface area contributed by atoms with Crippen LogP contribution in [0.5, 0.6) is 0 Å².